The highest BCUT2D eigenvalue weighted by Gasteiger charge is 2.20. The van der Waals surface area contributed by atoms with Crippen molar-refractivity contribution in [2.75, 3.05) is 18.5 Å². The highest BCUT2D eigenvalue weighted by atomic mass is 16.5. The van der Waals surface area contributed by atoms with Gasteiger partial charge in [0.2, 0.25) is 0 Å². The highest BCUT2D eigenvalue weighted by Crippen LogP contribution is 2.21. The van der Waals surface area contributed by atoms with Gasteiger partial charge in [-0.15, -0.1) is 0 Å². The Hall–Kier alpha value is -1.55. The Balaban J connectivity index is 2.61. The highest BCUT2D eigenvalue weighted by molar-refractivity contribution is 5.89. The minimum Gasteiger partial charge on any atom is -0.459 e. The summed E-state index contributed by atoms with van der Waals surface area (Å²) in [6.45, 7) is 8.59. The molecule has 2 N–H and O–H groups in total. The van der Waals surface area contributed by atoms with Crippen molar-refractivity contribution >= 4 is 11.7 Å². The smallest absolute Gasteiger partial charge is 0.338 e. The Morgan fingerprint density at radius 3 is 2.40 bits per heavy atom. The lowest BCUT2D eigenvalue weighted by molar-refractivity contribution is 0.0378. The summed E-state index contributed by atoms with van der Waals surface area (Å²) in [4.78, 5) is 11.7. The van der Waals surface area contributed by atoms with Gasteiger partial charge in [0.05, 0.1) is 18.3 Å². The number of esters is 1. The number of carbonyl (C=O) groups is 1. The second kappa shape index (κ2) is 7.29. The summed E-state index contributed by atoms with van der Waals surface area (Å²) in [5.41, 5.74) is 1.35. The number of aliphatic hydroxyl groups excluding tert-OH is 1. The van der Waals surface area contributed by atoms with E-state index in [2.05, 4.69) is 12.2 Å². The van der Waals surface area contributed by atoms with Crippen LogP contribution in [0.2, 0.25) is 0 Å². The minimum atomic E-state index is -0.305. The van der Waals surface area contributed by atoms with E-state index in [1.54, 1.807) is 12.1 Å². The van der Waals surface area contributed by atoms with Gasteiger partial charge in [0.1, 0.15) is 0 Å². The molecule has 0 heterocycles. The first-order chi connectivity index (χ1) is 9.40. The predicted octanol–water partition coefficient (Wildman–Crippen LogP) is 3.07. The van der Waals surface area contributed by atoms with Crippen LogP contribution in [0.4, 0.5) is 5.69 Å². The van der Waals surface area contributed by atoms with Gasteiger partial charge in [-0.25, -0.2) is 4.79 Å². The fourth-order valence-electron chi connectivity index (χ4n) is 1.61. The zero-order valence-corrected chi connectivity index (χ0v) is 12.8. The van der Waals surface area contributed by atoms with Gasteiger partial charge in [0.25, 0.3) is 0 Å². The van der Waals surface area contributed by atoms with Gasteiger partial charge in [-0.1, -0.05) is 13.8 Å². The van der Waals surface area contributed by atoms with Gasteiger partial charge in [-0.2, -0.15) is 0 Å². The van der Waals surface area contributed by atoms with Crippen molar-refractivity contribution < 1.29 is 14.6 Å². The van der Waals surface area contributed by atoms with Gasteiger partial charge in [0.15, 0.2) is 0 Å². The molecular weight excluding hydrogens is 254 g/mol. The first-order valence-corrected chi connectivity index (χ1v) is 7.06. The third-order valence-electron chi connectivity index (χ3n) is 3.42. The van der Waals surface area contributed by atoms with E-state index in [0.29, 0.717) is 12.1 Å². The average Bonchev–Trinajstić information content (AvgIpc) is 2.44. The van der Waals surface area contributed by atoms with E-state index in [0.717, 1.165) is 12.1 Å². The summed E-state index contributed by atoms with van der Waals surface area (Å²) in [6.07, 6.45) is 0.782. The molecule has 20 heavy (non-hydrogen) atoms. The van der Waals surface area contributed by atoms with Crippen LogP contribution in [0.3, 0.4) is 0 Å². The van der Waals surface area contributed by atoms with Gasteiger partial charge in [-0.3, -0.25) is 0 Å². The molecule has 1 aromatic rings. The monoisotopic (exact) mass is 279 g/mol. The lowest BCUT2D eigenvalue weighted by Gasteiger charge is -2.26. The molecule has 1 rings (SSSR count). The molecule has 4 heteroatoms. The summed E-state index contributed by atoms with van der Waals surface area (Å²) < 4.78 is 5.13. The number of rotatable bonds is 7. The molecule has 0 radical (unpaired) electrons. The maximum absolute atomic E-state index is 11.7. The molecule has 112 valence electrons. The van der Waals surface area contributed by atoms with Crippen molar-refractivity contribution in [3.8, 4) is 0 Å². The van der Waals surface area contributed by atoms with Crippen molar-refractivity contribution in [1.82, 2.24) is 0 Å². The van der Waals surface area contributed by atoms with Crippen LogP contribution in [-0.4, -0.2) is 30.3 Å². The van der Waals surface area contributed by atoms with Crippen molar-refractivity contribution in [3.63, 3.8) is 0 Å². The van der Waals surface area contributed by atoms with E-state index < -0.39 is 0 Å². The molecule has 0 spiro atoms. The number of aliphatic hydroxyl groups is 1. The van der Waals surface area contributed by atoms with Crippen LogP contribution < -0.4 is 5.32 Å². The van der Waals surface area contributed by atoms with E-state index in [1.807, 2.05) is 32.9 Å². The minimum absolute atomic E-state index is 0.116. The van der Waals surface area contributed by atoms with E-state index in [4.69, 9.17) is 4.74 Å². The molecule has 0 aromatic heterocycles. The van der Waals surface area contributed by atoms with Gasteiger partial charge >= 0.3 is 5.97 Å². The van der Waals surface area contributed by atoms with Crippen molar-refractivity contribution in [2.45, 2.75) is 40.2 Å². The van der Waals surface area contributed by atoms with Crippen LogP contribution in [0, 0.1) is 5.41 Å². The number of ether oxygens (including phenoxy) is 1. The Morgan fingerprint density at radius 1 is 1.35 bits per heavy atom. The maximum atomic E-state index is 11.7. The number of anilines is 1. The summed E-state index contributed by atoms with van der Waals surface area (Å²) in [7, 11) is 0. The topological polar surface area (TPSA) is 58.6 Å². The molecule has 0 saturated heterocycles. The molecule has 4 nitrogen and oxygen atoms in total. The van der Waals surface area contributed by atoms with Gasteiger partial charge < -0.3 is 15.2 Å². The number of hydrogen-bond acceptors (Lipinski definition) is 4. The summed E-state index contributed by atoms with van der Waals surface area (Å²) in [5, 5.41) is 12.6. The Kier molecular flexibility index (Phi) is 6.02. The normalized spacial score (nSPS) is 13.9. The number of carbonyl (C=O) groups excluding carboxylic acids is 1. The lowest BCUT2D eigenvalue weighted by Crippen LogP contribution is -2.29. The van der Waals surface area contributed by atoms with Gasteiger partial charge in [0, 0.05) is 17.6 Å². The van der Waals surface area contributed by atoms with E-state index in [1.165, 1.54) is 0 Å². The number of hydrogen-bond donors (Lipinski definition) is 2. The van der Waals surface area contributed by atoms with Crippen molar-refractivity contribution in [2.24, 2.45) is 5.41 Å². The molecule has 0 bridgehead atoms. The molecule has 0 saturated carbocycles. The molecule has 1 atom stereocenters. The fraction of sp³-hybridized carbons (Fsp3) is 0.562. The second-order valence-corrected chi connectivity index (χ2v) is 5.71. The SMILES string of the molecule is CCC(C)(CO)CNc1ccc(C(=O)OC(C)C)cc1. The van der Waals surface area contributed by atoms with E-state index in [-0.39, 0.29) is 24.1 Å². The number of benzene rings is 1. The fourth-order valence-corrected chi connectivity index (χ4v) is 1.61. The molecular formula is C16H25NO3. The molecule has 0 aliphatic rings. The third-order valence-corrected chi connectivity index (χ3v) is 3.42. The van der Waals surface area contributed by atoms with Crippen LogP contribution in [0.5, 0.6) is 0 Å². The summed E-state index contributed by atoms with van der Waals surface area (Å²) in [5.74, 6) is -0.305. The van der Waals surface area contributed by atoms with Gasteiger partial charge in [-0.05, 0) is 44.5 Å². The Morgan fingerprint density at radius 2 is 1.95 bits per heavy atom. The summed E-state index contributed by atoms with van der Waals surface area (Å²) >= 11 is 0. The quantitative estimate of drug-likeness (QED) is 0.753. The molecule has 0 fully saturated rings. The zero-order valence-electron chi connectivity index (χ0n) is 12.8. The van der Waals surface area contributed by atoms with E-state index >= 15 is 0 Å². The van der Waals surface area contributed by atoms with Crippen molar-refractivity contribution in [1.29, 1.82) is 0 Å². The van der Waals surface area contributed by atoms with Crippen LogP contribution in [0.15, 0.2) is 24.3 Å². The molecule has 1 unspecified atom stereocenters. The standard InChI is InChI=1S/C16H25NO3/c1-5-16(4,11-18)10-17-14-8-6-13(7-9-14)15(19)20-12(2)3/h6-9,12,17-18H,5,10-11H2,1-4H3. The third kappa shape index (κ3) is 4.85. The first-order valence-electron chi connectivity index (χ1n) is 7.06. The van der Waals surface area contributed by atoms with Crippen LogP contribution in [0.1, 0.15) is 44.5 Å². The van der Waals surface area contributed by atoms with Crippen molar-refractivity contribution in [3.05, 3.63) is 29.8 Å². The summed E-state index contributed by atoms with van der Waals surface area (Å²) in [6, 6.07) is 7.19. The maximum Gasteiger partial charge on any atom is 0.338 e. The van der Waals surface area contributed by atoms with Crippen LogP contribution in [-0.2, 0) is 4.74 Å². The number of nitrogens with one attached hydrogen (secondary N) is 1. The average molecular weight is 279 g/mol. The van der Waals surface area contributed by atoms with Crippen LogP contribution in [0.25, 0.3) is 0 Å². The largest absolute Gasteiger partial charge is 0.459 e. The molecule has 0 amide bonds. The Bertz CT molecular complexity index is 422. The molecule has 0 aliphatic carbocycles. The zero-order chi connectivity index (χ0) is 15.2. The predicted molar refractivity (Wildman–Crippen MR) is 81.0 cm³/mol. The molecule has 1 aromatic carbocycles. The first kappa shape index (κ1) is 16.5. The second-order valence-electron chi connectivity index (χ2n) is 5.71. The lowest BCUT2D eigenvalue weighted by atomic mass is 9.88. The Labute approximate surface area is 121 Å². The van der Waals surface area contributed by atoms with E-state index in [9.17, 15) is 9.90 Å². The molecule has 0 aliphatic heterocycles. The van der Waals surface area contributed by atoms with Crippen LogP contribution >= 0.6 is 0 Å².